The fourth-order valence-electron chi connectivity index (χ4n) is 3.82. The Morgan fingerprint density at radius 2 is 1.81 bits per heavy atom. The number of nitriles is 1. The normalized spacial score (nSPS) is 16.9. The lowest BCUT2D eigenvalue weighted by molar-refractivity contribution is 0.155. The Morgan fingerprint density at radius 1 is 1.06 bits per heavy atom. The van der Waals surface area contributed by atoms with E-state index < -0.39 is 6.09 Å². The molecule has 31 heavy (non-hydrogen) atoms. The average Bonchev–Trinajstić information content (AvgIpc) is 3.59. The molecule has 0 saturated heterocycles. The van der Waals surface area contributed by atoms with Crippen molar-refractivity contribution in [3.63, 3.8) is 0 Å². The molecule has 3 N–H and O–H groups in total. The predicted octanol–water partition coefficient (Wildman–Crippen LogP) is 5.69. The molecule has 1 aliphatic rings. The summed E-state index contributed by atoms with van der Waals surface area (Å²) in [6.45, 7) is 0.597. The zero-order valence-corrected chi connectivity index (χ0v) is 17.6. The summed E-state index contributed by atoms with van der Waals surface area (Å²) in [6.07, 6.45) is 0.427. The van der Waals surface area contributed by atoms with Gasteiger partial charge in [-0.1, -0.05) is 48.0 Å². The Kier molecular flexibility index (Phi) is 6.22. The van der Waals surface area contributed by atoms with E-state index in [-0.39, 0.29) is 12.5 Å². The van der Waals surface area contributed by atoms with Crippen molar-refractivity contribution >= 4 is 23.4 Å². The van der Waals surface area contributed by atoms with Crippen molar-refractivity contribution in [2.45, 2.75) is 31.4 Å². The summed E-state index contributed by atoms with van der Waals surface area (Å²) in [4.78, 5) is 12.2. The Hall–Kier alpha value is -3.33. The van der Waals surface area contributed by atoms with Crippen LogP contribution in [0.25, 0.3) is 0 Å². The second-order valence-corrected chi connectivity index (χ2v) is 8.12. The Labute approximate surface area is 186 Å². The van der Waals surface area contributed by atoms with Crippen molar-refractivity contribution in [2.75, 3.05) is 5.32 Å². The Morgan fingerprint density at radius 3 is 2.52 bits per heavy atom. The molecule has 3 aromatic carbocycles. The number of halogens is 1. The summed E-state index contributed by atoms with van der Waals surface area (Å²) >= 11 is 6.32. The van der Waals surface area contributed by atoms with Gasteiger partial charge in [0.2, 0.25) is 0 Å². The SMILES string of the molecule is N#Cc1cc(CN)cc([C@H]2C[C@@H]2c2cc(Cl)cc(NC(=O)OCc3ccccc3)c2)c1. The van der Waals surface area contributed by atoms with Crippen molar-refractivity contribution in [2.24, 2.45) is 5.73 Å². The van der Waals surface area contributed by atoms with Crippen LogP contribution in [0.2, 0.25) is 5.02 Å². The average molecular weight is 432 g/mol. The monoisotopic (exact) mass is 431 g/mol. The summed E-state index contributed by atoms with van der Waals surface area (Å²) in [6, 6.07) is 23.1. The van der Waals surface area contributed by atoms with Crippen LogP contribution >= 0.6 is 11.6 Å². The molecule has 0 bridgehead atoms. The maximum atomic E-state index is 12.2. The number of amides is 1. The van der Waals surface area contributed by atoms with Gasteiger partial charge in [0.15, 0.2) is 0 Å². The molecule has 1 amide bonds. The molecular weight excluding hydrogens is 410 g/mol. The number of nitrogens with one attached hydrogen (secondary N) is 1. The predicted molar refractivity (Wildman–Crippen MR) is 121 cm³/mol. The van der Waals surface area contributed by atoms with E-state index in [0.717, 1.165) is 28.7 Å². The van der Waals surface area contributed by atoms with Crippen molar-refractivity contribution in [3.8, 4) is 6.07 Å². The summed E-state index contributed by atoms with van der Waals surface area (Å²) < 4.78 is 5.29. The number of hydrogen-bond acceptors (Lipinski definition) is 4. The number of carbonyl (C=O) groups excluding carboxylic acids is 1. The number of benzene rings is 3. The van der Waals surface area contributed by atoms with Crippen LogP contribution in [0.1, 0.15) is 46.1 Å². The molecule has 3 aromatic rings. The third kappa shape index (κ3) is 5.24. The maximum absolute atomic E-state index is 12.2. The molecule has 0 heterocycles. The highest BCUT2D eigenvalue weighted by molar-refractivity contribution is 6.31. The number of nitrogens with zero attached hydrogens (tertiary/aromatic N) is 1. The van der Waals surface area contributed by atoms with Gasteiger partial charge in [-0.25, -0.2) is 4.79 Å². The maximum Gasteiger partial charge on any atom is 0.411 e. The van der Waals surface area contributed by atoms with Gasteiger partial charge in [0.05, 0.1) is 11.6 Å². The number of hydrogen-bond donors (Lipinski definition) is 2. The van der Waals surface area contributed by atoms with Crippen LogP contribution in [0.15, 0.2) is 66.7 Å². The number of rotatable bonds is 6. The Balaban J connectivity index is 1.44. The van der Waals surface area contributed by atoms with Gasteiger partial charge in [0, 0.05) is 17.3 Å². The molecule has 0 spiro atoms. The topological polar surface area (TPSA) is 88.1 Å². The Bertz CT molecular complexity index is 1140. The van der Waals surface area contributed by atoms with E-state index in [1.807, 2.05) is 54.6 Å². The zero-order valence-electron chi connectivity index (χ0n) is 16.8. The van der Waals surface area contributed by atoms with E-state index in [0.29, 0.717) is 28.7 Å². The van der Waals surface area contributed by atoms with E-state index in [1.165, 1.54) is 0 Å². The summed E-state index contributed by atoms with van der Waals surface area (Å²) in [5, 5.41) is 12.6. The summed E-state index contributed by atoms with van der Waals surface area (Å²) in [5.41, 5.74) is 11.0. The molecule has 0 unspecified atom stereocenters. The summed E-state index contributed by atoms with van der Waals surface area (Å²) in [5.74, 6) is 0.578. The largest absolute Gasteiger partial charge is 0.444 e. The van der Waals surface area contributed by atoms with Crippen LogP contribution in [-0.2, 0) is 17.9 Å². The van der Waals surface area contributed by atoms with Crippen LogP contribution in [0, 0.1) is 11.3 Å². The first kappa shape index (κ1) is 20.9. The van der Waals surface area contributed by atoms with Crippen LogP contribution in [0.4, 0.5) is 10.5 Å². The van der Waals surface area contributed by atoms with Crippen LogP contribution in [0.5, 0.6) is 0 Å². The van der Waals surface area contributed by atoms with E-state index >= 15 is 0 Å². The molecule has 5 nitrogen and oxygen atoms in total. The molecule has 156 valence electrons. The first-order valence-electron chi connectivity index (χ1n) is 10.1. The quantitative estimate of drug-likeness (QED) is 0.524. The van der Waals surface area contributed by atoms with Gasteiger partial charge in [-0.05, 0) is 70.8 Å². The van der Waals surface area contributed by atoms with Crippen LogP contribution < -0.4 is 11.1 Å². The van der Waals surface area contributed by atoms with E-state index in [1.54, 1.807) is 6.07 Å². The minimum atomic E-state index is -0.529. The first-order chi connectivity index (χ1) is 15.1. The first-order valence-corrected chi connectivity index (χ1v) is 10.5. The van der Waals surface area contributed by atoms with Crippen LogP contribution in [-0.4, -0.2) is 6.09 Å². The number of ether oxygens (including phenoxy) is 1. The molecule has 0 aliphatic heterocycles. The summed E-state index contributed by atoms with van der Waals surface area (Å²) in [7, 11) is 0. The van der Waals surface area contributed by atoms with Gasteiger partial charge in [0.1, 0.15) is 6.61 Å². The molecule has 1 aliphatic carbocycles. The van der Waals surface area contributed by atoms with Gasteiger partial charge >= 0.3 is 6.09 Å². The van der Waals surface area contributed by atoms with Crippen molar-refractivity contribution in [3.05, 3.63) is 99.6 Å². The van der Waals surface area contributed by atoms with E-state index in [9.17, 15) is 10.1 Å². The molecule has 1 fully saturated rings. The molecule has 2 atom stereocenters. The van der Waals surface area contributed by atoms with Crippen molar-refractivity contribution in [1.29, 1.82) is 5.26 Å². The lowest BCUT2D eigenvalue weighted by Crippen LogP contribution is -2.13. The molecular formula is C25H22ClN3O2. The third-order valence-electron chi connectivity index (χ3n) is 5.41. The second-order valence-electron chi connectivity index (χ2n) is 7.69. The van der Waals surface area contributed by atoms with Gasteiger partial charge in [-0.15, -0.1) is 0 Å². The smallest absolute Gasteiger partial charge is 0.411 e. The van der Waals surface area contributed by atoms with E-state index in [4.69, 9.17) is 22.1 Å². The van der Waals surface area contributed by atoms with Crippen molar-refractivity contribution in [1.82, 2.24) is 0 Å². The molecule has 0 radical (unpaired) electrons. The highest BCUT2D eigenvalue weighted by atomic mass is 35.5. The minimum absolute atomic E-state index is 0.198. The lowest BCUT2D eigenvalue weighted by Gasteiger charge is -2.10. The van der Waals surface area contributed by atoms with Crippen molar-refractivity contribution < 1.29 is 9.53 Å². The third-order valence-corrected chi connectivity index (χ3v) is 5.62. The number of nitrogens with two attached hydrogens (primary N) is 1. The number of carbonyl (C=O) groups is 1. The number of anilines is 1. The highest BCUT2D eigenvalue weighted by Gasteiger charge is 2.40. The molecule has 0 aromatic heterocycles. The van der Waals surface area contributed by atoms with Gasteiger partial charge < -0.3 is 10.5 Å². The van der Waals surface area contributed by atoms with E-state index in [2.05, 4.69) is 17.5 Å². The molecule has 6 heteroatoms. The molecule has 4 rings (SSSR count). The minimum Gasteiger partial charge on any atom is -0.444 e. The molecule has 1 saturated carbocycles. The van der Waals surface area contributed by atoms with Crippen LogP contribution in [0.3, 0.4) is 0 Å². The zero-order chi connectivity index (χ0) is 21.8. The standard InChI is InChI=1S/C25H22ClN3O2/c26-21-9-20(24-12-23(24)19-7-17(13-27)6-18(8-19)14-28)10-22(11-21)29-25(30)31-15-16-4-2-1-3-5-16/h1-11,23-24H,12-13,15,27H2,(H,29,30)/t23-,24-/m1/s1. The fourth-order valence-corrected chi connectivity index (χ4v) is 4.07. The highest BCUT2D eigenvalue weighted by Crippen LogP contribution is 2.55. The fraction of sp³-hybridized carbons (Fsp3) is 0.200. The lowest BCUT2D eigenvalue weighted by atomic mass is 10.00. The van der Waals surface area contributed by atoms with Gasteiger partial charge in [0.25, 0.3) is 0 Å². The second kappa shape index (κ2) is 9.22. The van der Waals surface area contributed by atoms with Gasteiger partial charge in [-0.3, -0.25) is 5.32 Å². The van der Waals surface area contributed by atoms with Gasteiger partial charge in [-0.2, -0.15) is 5.26 Å².